The van der Waals surface area contributed by atoms with E-state index in [9.17, 15) is 0 Å². The Bertz CT molecular complexity index is 104. The van der Waals surface area contributed by atoms with Crippen LogP contribution in [0.25, 0.3) is 0 Å². The normalized spacial score (nSPS) is 11.8. The molecule has 0 heterocycles. The van der Waals surface area contributed by atoms with Gasteiger partial charge >= 0.3 is 0 Å². The minimum Gasteiger partial charge on any atom is -0.361 e. The molecule has 0 aromatic heterocycles. The Morgan fingerprint density at radius 1 is 1.20 bits per heavy atom. The summed E-state index contributed by atoms with van der Waals surface area (Å²) in [7, 11) is 0. The van der Waals surface area contributed by atoms with Crippen molar-refractivity contribution in [3.63, 3.8) is 0 Å². The van der Waals surface area contributed by atoms with Crippen molar-refractivity contribution in [2.24, 2.45) is 4.99 Å². The van der Waals surface area contributed by atoms with Gasteiger partial charge in [-0.1, -0.05) is 0 Å². The highest BCUT2D eigenvalue weighted by molar-refractivity contribution is 5.79. The molecule has 10 heavy (non-hydrogen) atoms. The van der Waals surface area contributed by atoms with Gasteiger partial charge in [-0.15, -0.1) is 0 Å². The van der Waals surface area contributed by atoms with Crippen LogP contribution in [0.2, 0.25) is 0 Å². The Morgan fingerprint density at radius 3 is 2.00 bits per heavy atom. The van der Waals surface area contributed by atoms with Crippen LogP contribution in [0.15, 0.2) is 4.99 Å². The minimum atomic E-state index is 0.891. The van der Waals surface area contributed by atoms with Crippen molar-refractivity contribution in [2.75, 3.05) is 19.6 Å². The Morgan fingerprint density at radius 2 is 1.70 bits per heavy atom. The molecule has 2 nitrogen and oxygen atoms in total. The molecule has 60 valence electrons. The first-order chi connectivity index (χ1) is 4.76. The molecule has 0 aliphatic carbocycles. The first-order valence-electron chi connectivity index (χ1n) is 4.02. The summed E-state index contributed by atoms with van der Waals surface area (Å²) < 4.78 is 0. The van der Waals surface area contributed by atoms with Crippen LogP contribution >= 0.6 is 0 Å². The summed E-state index contributed by atoms with van der Waals surface area (Å²) in [5.41, 5.74) is 0. The number of hydrogen-bond donors (Lipinski definition) is 0. The average molecular weight is 142 g/mol. The lowest BCUT2D eigenvalue weighted by atomic mass is 10.4. The Balaban J connectivity index is 3.87. The van der Waals surface area contributed by atoms with Crippen molar-refractivity contribution in [3.8, 4) is 0 Å². The molecule has 0 radical (unpaired) electrons. The molecule has 0 aliphatic heterocycles. The highest BCUT2D eigenvalue weighted by Crippen LogP contribution is 1.90. The van der Waals surface area contributed by atoms with Gasteiger partial charge in [0.1, 0.15) is 0 Å². The number of rotatable bonds is 3. The lowest BCUT2D eigenvalue weighted by Crippen LogP contribution is -2.28. The summed E-state index contributed by atoms with van der Waals surface area (Å²) in [5.74, 6) is 1.16. The Kier molecular flexibility index (Phi) is 4.99. The van der Waals surface area contributed by atoms with E-state index in [1.54, 1.807) is 0 Å². The van der Waals surface area contributed by atoms with Gasteiger partial charge in [0.2, 0.25) is 0 Å². The summed E-state index contributed by atoms with van der Waals surface area (Å²) in [6.45, 7) is 11.4. The molecule has 0 N–H and O–H groups in total. The van der Waals surface area contributed by atoms with Crippen LogP contribution in [0.4, 0.5) is 0 Å². The molecule has 0 rings (SSSR count). The maximum atomic E-state index is 4.31. The van der Waals surface area contributed by atoms with Crippen LogP contribution < -0.4 is 0 Å². The molecule has 0 aromatic rings. The minimum absolute atomic E-state index is 0.891. The largest absolute Gasteiger partial charge is 0.361 e. The zero-order chi connectivity index (χ0) is 7.98. The third-order valence-electron chi connectivity index (χ3n) is 1.61. The Hall–Kier alpha value is -0.530. The van der Waals surface area contributed by atoms with Gasteiger partial charge in [0.05, 0.1) is 5.84 Å². The van der Waals surface area contributed by atoms with Crippen molar-refractivity contribution >= 4 is 5.84 Å². The maximum absolute atomic E-state index is 4.31. The fourth-order valence-electron chi connectivity index (χ4n) is 1.01. The summed E-state index contributed by atoms with van der Waals surface area (Å²) in [4.78, 5) is 6.56. The second-order valence-electron chi connectivity index (χ2n) is 2.19. The van der Waals surface area contributed by atoms with Crippen LogP contribution in [0.5, 0.6) is 0 Å². The first kappa shape index (κ1) is 9.47. The molecule has 0 unspecified atom stereocenters. The number of nitrogens with zero attached hydrogens (tertiary/aromatic N) is 2. The number of amidine groups is 1. The van der Waals surface area contributed by atoms with Gasteiger partial charge in [0.15, 0.2) is 0 Å². The van der Waals surface area contributed by atoms with Crippen molar-refractivity contribution in [2.45, 2.75) is 27.7 Å². The summed E-state index contributed by atoms with van der Waals surface area (Å²) >= 11 is 0. The molecule has 0 saturated heterocycles. The van der Waals surface area contributed by atoms with Crippen LogP contribution in [0.3, 0.4) is 0 Å². The molecule has 0 atom stereocenters. The number of hydrogen-bond acceptors (Lipinski definition) is 1. The second kappa shape index (κ2) is 5.27. The molecule has 0 amide bonds. The highest BCUT2D eigenvalue weighted by atomic mass is 15.2. The van der Waals surface area contributed by atoms with Gasteiger partial charge in [-0.3, -0.25) is 4.99 Å². The molecule has 0 bridgehead atoms. The molecular formula is C8H18N2. The van der Waals surface area contributed by atoms with E-state index in [0.717, 1.165) is 25.5 Å². The topological polar surface area (TPSA) is 15.6 Å². The molecule has 0 fully saturated rings. The fourth-order valence-corrected chi connectivity index (χ4v) is 1.01. The van der Waals surface area contributed by atoms with E-state index in [2.05, 4.69) is 37.6 Å². The van der Waals surface area contributed by atoms with E-state index >= 15 is 0 Å². The van der Waals surface area contributed by atoms with E-state index in [-0.39, 0.29) is 0 Å². The molecular weight excluding hydrogens is 124 g/mol. The van der Waals surface area contributed by atoms with E-state index in [0.29, 0.717) is 0 Å². The second-order valence-corrected chi connectivity index (χ2v) is 2.19. The van der Waals surface area contributed by atoms with Gasteiger partial charge in [-0.2, -0.15) is 0 Å². The predicted molar refractivity (Wildman–Crippen MR) is 46.6 cm³/mol. The maximum Gasteiger partial charge on any atom is 0.0957 e. The quantitative estimate of drug-likeness (QED) is 0.433. The molecule has 2 heteroatoms. The number of aliphatic imine (C=N–C) groups is 1. The molecule has 0 spiro atoms. The van der Waals surface area contributed by atoms with Crippen LogP contribution in [-0.2, 0) is 0 Å². The van der Waals surface area contributed by atoms with Crippen molar-refractivity contribution < 1.29 is 0 Å². The van der Waals surface area contributed by atoms with Crippen LogP contribution in [-0.4, -0.2) is 30.4 Å². The van der Waals surface area contributed by atoms with E-state index in [1.807, 2.05) is 0 Å². The third kappa shape index (κ3) is 2.85. The predicted octanol–water partition coefficient (Wildman–Crippen LogP) is 1.77. The smallest absolute Gasteiger partial charge is 0.0957 e. The standard InChI is InChI=1S/C8H18N2/c1-5-9-8(4)10(6-2)7-3/h5-7H2,1-4H3/b9-8+. The van der Waals surface area contributed by atoms with Crippen molar-refractivity contribution in [1.29, 1.82) is 0 Å². The molecule has 0 aliphatic rings. The SMILES string of the molecule is CC/N=C(\C)N(CC)CC. The zero-order valence-electron chi connectivity index (χ0n) is 7.52. The molecule has 0 aromatic carbocycles. The van der Waals surface area contributed by atoms with E-state index in [1.165, 1.54) is 0 Å². The van der Waals surface area contributed by atoms with E-state index in [4.69, 9.17) is 0 Å². The van der Waals surface area contributed by atoms with E-state index < -0.39 is 0 Å². The van der Waals surface area contributed by atoms with Gasteiger partial charge in [0.25, 0.3) is 0 Å². The lowest BCUT2D eigenvalue weighted by Gasteiger charge is -2.19. The zero-order valence-corrected chi connectivity index (χ0v) is 7.52. The third-order valence-corrected chi connectivity index (χ3v) is 1.61. The van der Waals surface area contributed by atoms with Gasteiger partial charge in [0, 0.05) is 19.6 Å². The average Bonchev–Trinajstić information content (AvgIpc) is 1.91. The van der Waals surface area contributed by atoms with Gasteiger partial charge in [-0.05, 0) is 27.7 Å². The Labute approximate surface area is 63.9 Å². The summed E-state index contributed by atoms with van der Waals surface area (Å²) in [6.07, 6.45) is 0. The van der Waals surface area contributed by atoms with Crippen LogP contribution in [0.1, 0.15) is 27.7 Å². The summed E-state index contributed by atoms with van der Waals surface area (Å²) in [6, 6.07) is 0. The van der Waals surface area contributed by atoms with Crippen molar-refractivity contribution in [3.05, 3.63) is 0 Å². The molecule has 0 saturated carbocycles. The van der Waals surface area contributed by atoms with Crippen molar-refractivity contribution in [1.82, 2.24) is 4.90 Å². The fraction of sp³-hybridized carbons (Fsp3) is 0.875. The monoisotopic (exact) mass is 142 g/mol. The van der Waals surface area contributed by atoms with Gasteiger partial charge < -0.3 is 4.90 Å². The first-order valence-corrected chi connectivity index (χ1v) is 4.02. The highest BCUT2D eigenvalue weighted by Gasteiger charge is 1.97. The lowest BCUT2D eigenvalue weighted by molar-refractivity contribution is 0.461. The summed E-state index contributed by atoms with van der Waals surface area (Å²) in [5, 5.41) is 0. The van der Waals surface area contributed by atoms with Gasteiger partial charge in [-0.25, -0.2) is 0 Å². The van der Waals surface area contributed by atoms with Crippen LogP contribution in [0, 0.1) is 0 Å².